The van der Waals surface area contributed by atoms with E-state index in [-0.39, 0.29) is 6.04 Å². The van der Waals surface area contributed by atoms with Crippen LogP contribution in [0.5, 0.6) is 0 Å². The van der Waals surface area contributed by atoms with E-state index < -0.39 is 0 Å². The van der Waals surface area contributed by atoms with Crippen LogP contribution in [0.15, 0.2) is 24.3 Å². The van der Waals surface area contributed by atoms with Crippen LogP contribution in [-0.4, -0.2) is 0 Å². The molecule has 15 heavy (non-hydrogen) atoms. The number of hydrogen-bond acceptors (Lipinski definition) is 2. The average Bonchev–Trinajstić information content (AvgIpc) is 2.27. The van der Waals surface area contributed by atoms with Gasteiger partial charge in [0, 0.05) is 9.61 Å². The van der Waals surface area contributed by atoms with Gasteiger partial charge in [0.05, 0.1) is 0 Å². The van der Waals surface area contributed by atoms with Crippen LogP contribution in [0.2, 0.25) is 0 Å². The molecule has 0 amide bonds. The van der Waals surface area contributed by atoms with Crippen molar-refractivity contribution in [1.82, 2.24) is 5.43 Å². The van der Waals surface area contributed by atoms with Crippen LogP contribution >= 0.6 is 22.6 Å². The first-order valence-corrected chi connectivity index (χ1v) is 6.53. The smallest absolute Gasteiger partial charge is 0.0498 e. The van der Waals surface area contributed by atoms with Crippen molar-refractivity contribution in [2.45, 2.75) is 32.7 Å². The Morgan fingerprint density at radius 1 is 1.27 bits per heavy atom. The molecular weight excluding hydrogens is 299 g/mol. The highest BCUT2D eigenvalue weighted by Crippen LogP contribution is 2.29. The van der Waals surface area contributed by atoms with Gasteiger partial charge in [0.15, 0.2) is 0 Å². The fourth-order valence-corrected chi connectivity index (χ4v) is 2.69. The van der Waals surface area contributed by atoms with Crippen LogP contribution in [0.4, 0.5) is 0 Å². The van der Waals surface area contributed by atoms with Crippen LogP contribution < -0.4 is 11.3 Å². The maximum atomic E-state index is 5.67. The largest absolute Gasteiger partial charge is 0.271 e. The summed E-state index contributed by atoms with van der Waals surface area (Å²) in [5.41, 5.74) is 4.27. The quantitative estimate of drug-likeness (QED) is 0.497. The molecule has 1 atom stereocenters. The molecule has 0 saturated heterocycles. The molecule has 0 aliphatic rings. The first-order valence-electron chi connectivity index (χ1n) is 5.45. The number of hydrogen-bond donors (Lipinski definition) is 2. The summed E-state index contributed by atoms with van der Waals surface area (Å²) in [6.07, 6.45) is 2.30. The number of nitrogens with two attached hydrogens (primary N) is 1. The van der Waals surface area contributed by atoms with Gasteiger partial charge in [-0.15, -0.1) is 0 Å². The van der Waals surface area contributed by atoms with Crippen molar-refractivity contribution in [3.05, 3.63) is 33.4 Å². The first-order chi connectivity index (χ1) is 7.24. The van der Waals surface area contributed by atoms with Crippen LogP contribution in [0.1, 0.15) is 38.3 Å². The summed E-state index contributed by atoms with van der Waals surface area (Å²) in [5.74, 6) is 6.28. The minimum absolute atomic E-state index is 0.271. The maximum absolute atomic E-state index is 5.67. The molecule has 84 valence electrons. The zero-order valence-corrected chi connectivity index (χ0v) is 11.5. The van der Waals surface area contributed by atoms with Gasteiger partial charge in [0.1, 0.15) is 0 Å². The van der Waals surface area contributed by atoms with Crippen molar-refractivity contribution in [3.8, 4) is 0 Å². The zero-order valence-electron chi connectivity index (χ0n) is 9.33. The molecule has 0 aromatic heterocycles. The standard InChI is InChI=1S/C12H19IN2/c1-3-9(4-2)12(15-14)10-7-5-6-8-11(10)13/h5-9,12,15H,3-4,14H2,1-2H3. The van der Waals surface area contributed by atoms with Gasteiger partial charge in [-0.25, -0.2) is 0 Å². The lowest BCUT2D eigenvalue weighted by Crippen LogP contribution is -2.33. The van der Waals surface area contributed by atoms with E-state index in [2.05, 4.69) is 66.1 Å². The fourth-order valence-electron chi connectivity index (χ4n) is 1.97. The summed E-state index contributed by atoms with van der Waals surface area (Å²) in [6, 6.07) is 8.69. The summed E-state index contributed by atoms with van der Waals surface area (Å²) < 4.78 is 1.28. The van der Waals surface area contributed by atoms with E-state index in [0.717, 1.165) is 12.8 Å². The van der Waals surface area contributed by atoms with Crippen molar-refractivity contribution in [2.24, 2.45) is 11.8 Å². The zero-order chi connectivity index (χ0) is 11.3. The van der Waals surface area contributed by atoms with Crippen molar-refractivity contribution >= 4 is 22.6 Å². The van der Waals surface area contributed by atoms with E-state index in [1.807, 2.05) is 0 Å². The van der Waals surface area contributed by atoms with E-state index in [1.165, 1.54) is 9.13 Å². The van der Waals surface area contributed by atoms with Crippen LogP contribution in [-0.2, 0) is 0 Å². The normalized spacial score (nSPS) is 13.1. The van der Waals surface area contributed by atoms with Gasteiger partial charge in [-0.2, -0.15) is 0 Å². The molecule has 0 saturated carbocycles. The Morgan fingerprint density at radius 3 is 2.33 bits per heavy atom. The SMILES string of the molecule is CCC(CC)C(NN)c1ccccc1I. The Morgan fingerprint density at radius 2 is 1.87 bits per heavy atom. The molecule has 2 nitrogen and oxygen atoms in total. The second kappa shape index (κ2) is 6.45. The second-order valence-electron chi connectivity index (χ2n) is 3.74. The Bertz CT molecular complexity index is 297. The first kappa shape index (κ1) is 12.9. The van der Waals surface area contributed by atoms with Gasteiger partial charge in [-0.1, -0.05) is 44.9 Å². The second-order valence-corrected chi connectivity index (χ2v) is 4.90. The van der Waals surface area contributed by atoms with E-state index in [1.54, 1.807) is 0 Å². The van der Waals surface area contributed by atoms with E-state index in [4.69, 9.17) is 5.84 Å². The number of benzene rings is 1. The molecule has 0 aliphatic heterocycles. The van der Waals surface area contributed by atoms with Gasteiger partial charge < -0.3 is 0 Å². The molecule has 3 N–H and O–H groups in total. The number of nitrogens with one attached hydrogen (secondary N) is 1. The van der Waals surface area contributed by atoms with Gasteiger partial charge in [0.2, 0.25) is 0 Å². The van der Waals surface area contributed by atoms with Crippen LogP contribution in [0.25, 0.3) is 0 Å². The predicted octanol–water partition coefficient (Wildman–Crippen LogP) is 3.23. The highest BCUT2D eigenvalue weighted by molar-refractivity contribution is 14.1. The highest BCUT2D eigenvalue weighted by Gasteiger charge is 2.20. The minimum atomic E-state index is 0.271. The summed E-state index contributed by atoms with van der Waals surface area (Å²) in [4.78, 5) is 0. The molecule has 0 bridgehead atoms. The van der Waals surface area contributed by atoms with E-state index >= 15 is 0 Å². The van der Waals surface area contributed by atoms with Crippen LogP contribution in [0.3, 0.4) is 0 Å². The minimum Gasteiger partial charge on any atom is -0.271 e. The summed E-state index contributed by atoms with van der Waals surface area (Å²) in [5, 5.41) is 0. The third kappa shape index (κ3) is 3.16. The molecule has 0 radical (unpaired) electrons. The number of rotatable bonds is 5. The number of halogens is 1. The third-order valence-corrected chi connectivity index (χ3v) is 3.92. The van der Waals surface area contributed by atoms with Crippen molar-refractivity contribution < 1.29 is 0 Å². The van der Waals surface area contributed by atoms with Crippen molar-refractivity contribution in [2.75, 3.05) is 0 Å². The molecule has 0 fully saturated rings. The summed E-state index contributed by atoms with van der Waals surface area (Å²) >= 11 is 2.37. The molecule has 1 aromatic carbocycles. The summed E-state index contributed by atoms with van der Waals surface area (Å²) in [6.45, 7) is 4.43. The molecular formula is C12H19IN2. The van der Waals surface area contributed by atoms with Gasteiger partial charge in [-0.05, 0) is 40.1 Å². The Hall–Kier alpha value is -0.130. The predicted molar refractivity (Wildman–Crippen MR) is 73.3 cm³/mol. The average molecular weight is 318 g/mol. The lowest BCUT2D eigenvalue weighted by Gasteiger charge is -2.25. The lowest BCUT2D eigenvalue weighted by molar-refractivity contribution is 0.344. The molecule has 3 heteroatoms. The molecule has 0 spiro atoms. The van der Waals surface area contributed by atoms with E-state index in [9.17, 15) is 0 Å². The van der Waals surface area contributed by atoms with Gasteiger partial charge >= 0.3 is 0 Å². The monoisotopic (exact) mass is 318 g/mol. The fraction of sp³-hybridized carbons (Fsp3) is 0.500. The third-order valence-electron chi connectivity index (χ3n) is 2.94. The van der Waals surface area contributed by atoms with Gasteiger partial charge in [-0.3, -0.25) is 11.3 Å². The van der Waals surface area contributed by atoms with Crippen LogP contribution in [0, 0.1) is 9.49 Å². The Balaban J connectivity index is 2.96. The Kier molecular flexibility index (Phi) is 5.56. The molecule has 0 heterocycles. The maximum Gasteiger partial charge on any atom is 0.0498 e. The topological polar surface area (TPSA) is 38.0 Å². The van der Waals surface area contributed by atoms with Crippen molar-refractivity contribution in [3.63, 3.8) is 0 Å². The van der Waals surface area contributed by atoms with Crippen molar-refractivity contribution in [1.29, 1.82) is 0 Å². The summed E-state index contributed by atoms with van der Waals surface area (Å²) in [7, 11) is 0. The van der Waals surface area contributed by atoms with E-state index in [0.29, 0.717) is 5.92 Å². The molecule has 1 unspecified atom stereocenters. The van der Waals surface area contributed by atoms with Gasteiger partial charge in [0.25, 0.3) is 0 Å². The molecule has 1 rings (SSSR count). The molecule has 0 aliphatic carbocycles. The molecule has 1 aromatic rings. The highest BCUT2D eigenvalue weighted by atomic mass is 127. The Labute approximate surface area is 106 Å². The lowest BCUT2D eigenvalue weighted by atomic mass is 9.89. The number of hydrazine groups is 1.